The number of thiophene rings is 1. The Balaban J connectivity index is 1.06. The van der Waals surface area contributed by atoms with E-state index in [1.165, 1.54) is 119 Å². The van der Waals surface area contributed by atoms with E-state index < -0.39 is 0 Å². The van der Waals surface area contributed by atoms with Crippen molar-refractivity contribution in [3.05, 3.63) is 181 Å². The number of para-hydroxylation sites is 2. The highest BCUT2D eigenvalue weighted by Gasteiger charge is 2.61. The second-order valence-electron chi connectivity index (χ2n) is 18.1. The van der Waals surface area contributed by atoms with E-state index in [9.17, 15) is 0 Å². The predicted octanol–water partition coefficient (Wildman–Crippen LogP) is 15.5. The van der Waals surface area contributed by atoms with E-state index in [1.54, 1.807) is 11.1 Å². The van der Waals surface area contributed by atoms with Crippen LogP contribution in [-0.4, -0.2) is 4.57 Å². The van der Waals surface area contributed by atoms with Gasteiger partial charge in [0, 0.05) is 47.7 Å². The van der Waals surface area contributed by atoms with Crippen molar-refractivity contribution in [2.24, 2.45) is 23.7 Å². The fraction of sp³-hybridized carbons (Fsp3) is 0.179. The van der Waals surface area contributed by atoms with Crippen molar-refractivity contribution < 1.29 is 0 Å². The zero-order chi connectivity index (χ0) is 38.4. The highest BCUT2D eigenvalue weighted by atomic mass is 32.1. The zero-order valence-electron chi connectivity index (χ0n) is 32.8. The molecule has 59 heavy (non-hydrogen) atoms. The lowest BCUT2D eigenvalue weighted by Crippen LogP contribution is -2.57. The van der Waals surface area contributed by atoms with Crippen LogP contribution in [0.25, 0.3) is 69.6 Å². The van der Waals surface area contributed by atoms with Gasteiger partial charge in [0.1, 0.15) is 0 Å². The number of hydrogen-bond acceptors (Lipinski definition) is 2. The van der Waals surface area contributed by atoms with Crippen LogP contribution in [-0.2, 0) is 5.41 Å². The molecule has 4 fully saturated rings. The van der Waals surface area contributed by atoms with E-state index in [1.807, 2.05) is 11.3 Å². The molecule has 10 aromatic rings. The molecule has 0 radical (unpaired) electrons. The molecular weight excluding hydrogens is 733 g/mol. The van der Waals surface area contributed by atoms with Crippen molar-refractivity contribution in [1.82, 2.24) is 4.57 Å². The molecule has 1 aliphatic heterocycles. The van der Waals surface area contributed by atoms with Crippen LogP contribution in [0.15, 0.2) is 170 Å². The molecule has 2 nitrogen and oxygen atoms in total. The Bertz CT molecular complexity index is 3350. The Labute approximate surface area is 348 Å². The van der Waals surface area contributed by atoms with Crippen molar-refractivity contribution in [1.29, 1.82) is 0 Å². The minimum Gasteiger partial charge on any atom is -0.310 e. The lowest BCUT2D eigenvalue weighted by atomic mass is 9.41. The maximum atomic E-state index is 2.66. The molecule has 8 aromatic carbocycles. The van der Waals surface area contributed by atoms with Crippen molar-refractivity contribution in [2.45, 2.75) is 37.5 Å². The SMILES string of the molecule is c1cc(-c2cccc3c2sc2ccccc23)cc(N(c2ccc3ccccc3c2)c2ccc3c4c2c2ccccc2n4-c2ccccc2C32C3CC4CC(C3)CC2C4)c1. The summed E-state index contributed by atoms with van der Waals surface area (Å²) in [5.74, 6) is 3.16. The molecule has 4 bridgehead atoms. The third kappa shape index (κ3) is 4.36. The van der Waals surface area contributed by atoms with Crippen LogP contribution in [0.5, 0.6) is 0 Å². The first-order chi connectivity index (χ1) is 29.2. The van der Waals surface area contributed by atoms with E-state index in [-0.39, 0.29) is 5.41 Å². The molecule has 15 rings (SSSR count). The van der Waals surface area contributed by atoms with Gasteiger partial charge in [0.25, 0.3) is 0 Å². The maximum Gasteiger partial charge on any atom is 0.0603 e. The van der Waals surface area contributed by atoms with Crippen LogP contribution in [0.1, 0.15) is 43.2 Å². The minimum absolute atomic E-state index is 0.0434. The van der Waals surface area contributed by atoms with Crippen molar-refractivity contribution >= 4 is 81.1 Å². The summed E-state index contributed by atoms with van der Waals surface area (Å²) < 4.78 is 5.34. The monoisotopic (exact) mass is 774 g/mol. The molecule has 0 atom stereocenters. The van der Waals surface area contributed by atoms with Gasteiger partial charge in [-0.15, -0.1) is 11.3 Å². The molecule has 2 aromatic heterocycles. The summed E-state index contributed by atoms with van der Waals surface area (Å²) in [6.07, 6.45) is 6.93. The Hall–Kier alpha value is -6.16. The average Bonchev–Trinajstić information content (AvgIpc) is 3.84. The Morgan fingerprint density at radius 3 is 2.12 bits per heavy atom. The molecule has 1 spiro atoms. The summed E-state index contributed by atoms with van der Waals surface area (Å²) in [6.45, 7) is 0. The van der Waals surface area contributed by atoms with E-state index in [2.05, 4.69) is 179 Å². The maximum absolute atomic E-state index is 2.66. The minimum atomic E-state index is 0.0434. The normalized spacial score (nSPS) is 22.6. The van der Waals surface area contributed by atoms with Gasteiger partial charge in [0.2, 0.25) is 0 Å². The fourth-order valence-corrected chi connectivity index (χ4v) is 14.6. The van der Waals surface area contributed by atoms with Crippen molar-refractivity contribution in [2.75, 3.05) is 4.90 Å². The highest BCUT2D eigenvalue weighted by Crippen LogP contribution is 2.68. The number of anilines is 3. The van der Waals surface area contributed by atoms with E-state index >= 15 is 0 Å². The molecule has 282 valence electrons. The topological polar surface area (TPSA) is 8.17 Å². The lowest BCUT2D eigenvalue weighted by Gasteiger charge is -2.63. The van der Waals surface area contributed by atoms with Gasteiger partial charge >= 0.3 is 0 Å². The average molecular weight is 775 g/mol. The molecule has 4 saturated carbocycles. The number of nitrogens with zero attached hydrogens (tertiary/aromatic N) is 2. The molecule has 0 saturated heterocycles. The molecule has 0 unspecified atom stereocenters. The van der Waals surface area contributed by atoms with Gasteiger partial charge in [-0.2, -0.15) is 0 Å². The first-order valence-corrected chi connectivity index (χ1v) is 22.5. The van der Waals surface area contributed by atoms with Crippen LogP contribution >= 0.6 is 11.3 Å². The van der Waals surface area contributed by atoms with Gasteiger partial charge in [0.05, 0.1) is 22.4 Å². The summed E-state index contributed by atoms with van der Waals surface area (Å²) in [6, 6.07) is 64.7. The molecule has 0 N–H and O–H groups in total. The van der Waals surface area contributed by atoms with Gasteiger partial charge in [-0.1, -0.05) is 121 Å². The van der Waals surface area contributed by atoms with Crippen molar-refractivity contribution in [3.8, 4) is 16.8 Å². The number of benzene rings is 8. The number of fused-ring (bicyclic) bond motifs is 9. The Morgan fingerprint density at radius 1 is 0.525 bits per heavy atom. The Morgan fingerprint density at radius 2 is 1.24 bits per heavy atom. The summed E-state index contributed by atoms with van der Waals surface area (Å²) in [5, 5.41) is 7.87. The van der Waals surface area contributed by atoms with E-state index in [0.717, 1.165) is 11.8 Å². The van der Waals surface area contributed by atoms with Crippen LogP contribution in [0.4, 0.5) is 17.1 Å². The number of rotatable bonds is 4. The molecule has 5 aliphatic rings. The summed E-state index contributed by atoms with van der Waals surface area (Å²) in [5.41, 5.74) is 13.4. The van der Waals surface area contributed by atoms with Crippen LogP contribution in [0.2, 0.25) is 0 Å². The molecule has 3 heterocycles. The van der Waals surface area contributed by atoms with Crippen LogP contribution in [0.3, 0.4) is 0 Å². The molecular formula is C56H42N2S. The van der Waals surface area contributed by atoms with E-state index in [0.29, 0.717) is 11.8 Å². The largest absolute Gasteiger partial charge is 0.310 e. The highest BCUT2D eigenvalue weighted by molar-refractivity contribution is 7.26. The fourth-order valence-electron chi connectivity index (χ4n) is 13.3. The van der Waals surface area contributed by atoms with Gasteiger partial charge in [-0.3, -0.25) is 0 Å². The summed E-state index contributed by atoms with van der Waals surface area (Å²) in [4.78, 5) is 2.57. The van der Waals surface area contributed by atoms with E-state index in [4.69, 9.17) is 0 Å². The first kappa shape index (κ1) is 32.8. The van der Waals surface area contributed by atoms with Crippen LogP contribution in [0, 0.1) is 23.7 Å². The quantitative estimate of drug-likeness (QED) is 0.173. The number of hydrogen-bond donors (Lipinski definition) is 0. The second kappa shape index (κ2) is 12.0. The predicted molar refractivity (Wildman–Crippen MR) is 249 cm³/mol. The molecule has 3 heteroatoms. The summed E-state index contributed by atoms with van der Waals surface area (Å²) in [7, 11) is 0. The number of aromatic nitrogens is 1. The molecule has 4 aliphatic carbocycles. The zero-order valence-corrected chi connectivity index (χ0v) is 33.6. The van der Waals surface area contributed by atoms with Crippen LogP contribution < -0.4 is 4.90 Å². The third-order valence-electron chi connectivity index (χ3n) is 15.3. The third-order valence-corrected chi connectivity index (χ3v) is 16.5. The molecule has 0 amide bonds. The summed E-state index contributed by atoms with van der Waals surface area (Å²) >= 11 is 1.91. The van der Waals surface area contributed by atoms with Crippen molar-refractivity contribution in [3.63, 3.8) is 0 Å². The smallest absolute Gasteiger partial charge is 0.0603 e. The van der Waals surface area contributed by atoms with Gasteiger partial charge < -0.3 is 9.47 Å². The second-order valence-corrected chi connectivity index (χ2v) is 19.1. The van der Waals surface area contributed by atoms with Gasteiger partial charge in [-0.25, -0.2) is 0 Å². The van der Waals surface area contributed by atoms with Gasteiger partial charge in [0.15, 0.2) is 0 Å². The lowest BCUT2D eigenvalue weighted by molar-refractivity contribution is -0.0418. The van der Waals surface area contributed by atoms with Gasteiger partial charge in [-0.05, 0) is 137 Å². The first-order valence-electron chi connectivity index (χ1n) is 21.7. The Kier molecular flexibility index (Phi) is 6.64. The standard InChI is InChI=1S/C56H42N2S/c1-2-12-37-32-42(24-23-36(37)11-1)57(41-14-9-13-38(33-41)43-17-10-18-45-44-15-4-8-22-52(44)59-55(43)45)51-26-25-48-54-53(51)46-16-3-6-20-49(46)58(54)50-21-7-5-19-47(50)56(48)39-28-34-27-35(30-39)31-40(56)29-34/h1-26,32-35,39-40H,27-31H2.